The Bertz CT molecular complexity index is 4090. The van der Waals surface area contributed by atoms with Gasteiger partial charge in [-0.25, -0.2) is 0 Å². The molecule has 14 rings (SSSR count). The molecule has 76 heavy (non-hydrogen) atoms. The molecule has 0 saturated heterocycles. The van der Waals surface area contributed by atoms with E-state index in [0.29, 0.717) is 0 Å². The van der Waals surface area contributed by atoms with E-state index in [1.54, 1.807) is 0 Å². The van der Waals surface area contributed by atoms with Crippen LogP contribution in [0.25, 0.3) is 49.7 Å². The Morgan fingerprint density at radius 1 is 0.368 bits per heavy atom. The first kappa shape index (κ1) is 46.8. The van der Waals surface area contributed by atoms with Crippen LogP contribution in [0.4, 0.5) is 17.1 Å². The quantitative estimate of drug-likeness (QED) is 0.165. The monoisotopic (exact) mass is 987 g/mol. The molecule has 0 spiro atoms. The molecule has 0 radical (unpaired) electrons. The van der Waals surface area contributed by atoms with Crippen LogP contribution in [-0.2, 0) is 21.7 Å². The highest BCUT2D eigenvalue weighted by Gasteiger charge is 2.52. The number of ether oxygens (including phenoxy) is 2. The van der Waals surface area contributed by atoms with Crippen LogP contribution in [0, 0.1) is 0 Å². The maximum atomic E-state index is 7.84. The number of nitrogens with zero attached hydrogens (tertiary/aromatic N) is 2. The summed E-state index contributed by atoms with van der Waals surface area (Å²) >= 11 is 0. The highest BCUT2D eigenvalue weighted by atomic mass is 16.5. The number of hydrogen-bond donors (Lipinski definition) is 0. The van der Waals surface area contributed by atoms with Gasteiger partial charge < -0.3 is 18.9 Å². The van der Waals surface area contributed by atoms with Gasteiger partial charge in [-0.1, -0.05) is 204 Å². The second-order valence-electron chi connectivity index (χ2n) is 26.2. The summed E-state index contributed by atoms with van der Waals surface area (Å²) in [4.78, 5) is 2.52. The number of hydrogen-bond acceptors (Lipinski definition) is 3. The maximum Gasteiger partial charge on any atom is 0.256 e. The van der Waals surface area contributed by atoms with Crippen molar-refractivity contribution in [1.82, 2.24) is 4.57 Å². The summed E-state index contributed by atoms with van der Waals surface area (Å²) in [7, 11) is 0. The van der Waals surface area contributed by atoms with Gasteiger partial charge in [0.1, 0.15) is 23.0 Å². The zero-order chi connectivity index (χ0) is 52.5. The van der Waals surface area contributed by atoms with Gasteiger partial charge in [-0.05, 0) is 137 Å². The Labute approximate surface area is 449 Å². The minimum atomic E-state index is -0.195. The van der Waals surface area contributed by atoms with Gasteiger partial charge in [-0.3, -0.25) is 0 Å². The molecule has 4 nitrogen and oxygen atoms in total. The first-order valence-corrected chi connectivity index (χ1v) is 27.4. The zero-order valence-electron chi connectivity index (χ0n) is 46.0. The van der Waals surface area contributed by atoms with Gasteiger partial charge in [0.05, 0.1) is 16.9 Å². The van der Waals surface area contributed by atoms with Crippen molar-refractivity contribution in [1.29, 1.82) is 0 Å². The first-order valence-electron chi connectivity index (χ1n) is 27.4. The summed E-state index contributed by atoms with van der Waals surface area (Å²) in [5, 5.41) is 2.53. The Balaban J connectivity index is 1.18. The van der Waals surface area contributed by atoms with Crippen LogP contribution in [0.3, 0.4) is 0 Å². The Hall–Kier alpha value is -7.69. The van der Waals surface area contributed by atoms with Crippen molar-refractivity contribution in [2.75, 3.05) is 4.90 Å². The highest BCUT2D eigenvalue weighted by Crippen LogP contribution is 2.52. The van der Waals surface area contributed by atoms with Crippen molar-refractivity contribution < 1.29 is 9.47 Å². The minimum Gasteiger partial charge on any atom is -0.456 e. The number of fused-ring (bicyclic) bond motifs is 13. The summed E-state index contributed by atoms with van der Waals surface area (Å²) in [6, 6.07) is 64.2. The lowest BCUT2D eigenvalue weighted by Crippen LogP contribution is -2.63. The predicted octanol–water partition coefficient (Wildman–Crippen LogP) is 14.6. The Morgan fingerprint density at radius 3 is 1.41 bits per heavy atom. The van der Waals surface area contributed by atoms with Crippen molar-refractivity contribution in [2.24, 2.45) is 0 Å². The van der Waals surface area contributed by atoms with Crippen molar-refractivity contribution >= 4 is 85.1 Å². The second-order valence-corrected chi connectivity index (χ2v) is 26.2. The molecule has 9 aromatic carbocycles. The molecule has 0 amide bonds. The average molecular weight is 987 g/mol. The van der Waals surface area contributed by atoms with Crippen LogP contribution >= 0.6 is 0 Å². The number of anilines is 3. The topological polar surface area (TPSA) is 26.6 Å². The molecule has 0 unspecified atom stereocenters. The Kier molecular flexibility index (Phi) is 9.81. The van der Waals surface area contributed by atoms with Crippen LogP contribution in [0.1, 0.15) is 105 Å². The third-order valence-electron chi connectivity index (χ3n) is 17.1. The van der Waals surface area contributed by atoms with Crippen molar-refractivity contribution in [3.63, 3.8) is 0 Å². The highest BCUT2D eigenvalue weighted by molar-refractivity contribution is 7.02. The molecule has 0 fully saturated rings. The fraction of sp³-hybridized carbons (Fsp3) is 0.229. The lowest BCUT2D eigenvalue weighted by Gasteiger charge is -2.45. The van der Waals surface area contributed by atoms with Crippen molar-refractivity contribution in [3.8, 4) is 50.9 Å². The fourth-order valence-electron chi connectivity index (χ4n) is 12.9. The fourth-order valence-corrected chi connectivity index (χ4v) is 12.9. The number of rotatable bonds is 3. The molecule has 0 bridgehead atoms. The summed E-state index contributed by atoms with van der Waals surface area (Å²) < 4.78 is 18.3. The average Bonchev–Trinajstić information content (AvgIpc) is 3.62. The third kappa shape index (κ3) is 6.91. The van der Waals surface area contributed by atoms with Gasteiger partial charge in [0.2, 0.25) is 0 Å². The molecule has 0 N–H and O–H groups in total. The molecule has 4 aliphatic heterocycles. The van der Waals surface area contributed by atoms with E-state index in [0.717, 1.165) is 73.2 Å². The van der Waals surface area contributed by atoms with E-state index in [4.69, 9.17) is 9.47 Å². The molecule has 0 saturated carbocycles. The molecule has 10 aromatic rings. The lowest BCUT2D eigenvalue weighted by molar-refractivity contribution is 0.475. The molecule has 6 heteroatoms. The van der Waals surface area contributed by atoms with Gasteiger partial charge in [0.15, 0.2) is 0 Å². The summed E-state index contributed by atoms with van der Waals surface area (Å²) in [5.41, 5.74) is 23.5. The van der Waals surface area contributed by atoms with Crippen molar-refractivity contribution in [3.05, 3.63) is 192 Å². The first-order chi connectivity index (χ1) is 36.2. The van der Waals surface area contributed by atoms with E-state index >= 15 is 0 Å². The molecule has 4 aliphatic rings. The van der Waals surface area contributed by atoms with E-state index in [9.17, 15) is 0 Å². The van der Waals surface area contributed by atoms with Crippen LogP contribution in [0.2, 0.25) is 0 Å². The zero-order valence-corrected chi connectivity index (χ0v) is 46.0. The van der Waals surface area contributed by atoms with Gasteiger partial charge in [-0.2, -0.15) is 0 Å². The van der Waals surface area contributed by atoms with Crippen LogP contribution < -0.4 is 47.2 Å². The van der Waals surface area contributed by atoms with E-state index < -0.39 is 0 Å². The minimum absolute atomic E-state index is 0.0213. The summed E-state index contributed by atoms with van der Waals surface area (Å²) in [6.07, 6.45) is 0. The molecular formula is C70H64B2N2O2. The number of aromatic nitrogens is 1. The number of benzene rings is 9. The third-order valence-corrected chi connectivity index (χ3v) is 17.1. The van der Waals surface area contributed by atoms with Crippen LogP contribution in [-0.4, -0.2) is 18.0 Å². The molecule has 0 atom stereocenters. The largest absolute Gasteiger partial charge is 0.456 e. The van der Waals surface area contributed by atoms with Gasteiger partial charge in [0, 0.05) is 38.6 Å². The molecule has 5 heterocycles. The molecule has 0 aliphatic carbocycles. The lowest BCUT2D eigenvalue weighted by atomic mass is 9.31. The van der Waals surface area contributed by atoms with Crippen LogP contribution in [0.15, 0.2) is 170 Å². The van der Waals surface area contributed by atoms with Crippen molar-refractivity contribution in [2.45, 2.75) is 105 Å². The van der Waals surface area contributed by atoms with E-state index in [-0.39, 0.29) is 35.1 Å². The normalized spacial score (nSPS) is 14.2. The molecule has 1 aromatic heterocycles. The van der Waals surface area contributed by atoms with Gasteiger partial charge in [-0.15, -0.1) is 0 Å². The summed E-state index contributed by atoms with van der Waals surface area (Å²) in [6.45, 7) is 27.5. The second kappa shape index (κ2) is 15.9. The van der Waals surface area contributed by atoms with Crippen LogP contribution in [0.5, 0.6) is 23.0 Å². The van der Waals surface area contributed by atoms with E-state index in [2.05, 4.69) is 262 Å². The molecule has 372 valence electrons. The summed E-state index contributed by atoms with van der Waals surface area (Å²) in [5.74, 6) is 3.53. The smallest absolute Gasteiger partial charge is 0.256 e. The van der Waals surface area contributed by atoms with E-state index in [1.807, 2.05) is 0 Å². The van der Waals surface area contributed by atoms with E-state index in [1.165, 1.54) is 71.7 Å². The van der Waals surface area contributed by atoms with Gasteiger partial charge in [0.25, 0.3) is 13.4 Å². The van der Waals surface area contributed by atoms with Gasteiger partial charge >= 0.3 is 0 Å². The SMILES string of the molecule is CC(C)(C)c1ccc(N2c3ccc(C(C)(C)C)cc3B3c4cc(-c5ccccc5)ccc4Oc4c3c2c2c3c4-n4c5ccc(C(C)(C)C)cc5c5cc(C(C)(C)C)cc(c54)B3c3cc(-c4ccccc4)ccc3O2)cc1. The molecular weight excluding hydrogens is 922 g/mol. The Morgan fingerprint density at radius 2 is 0.842 bits per heavy atom. The maximum absolute atomic E-state index is 7.84. The predicted molar refractivity (Wildman–Crippen MR) is 323 cm³/mol. The standard InChI is InChI=1S/C70H64B2N2O2/c1-67(2,3)45-25-29-49(30-26-45)73-57-32-28-47(69(7,8)9)39-52(57)71-53-35-43(41-19-15-13-16-20-41)23-33-58(53)76-66-60(71)63(73)65-61-64(66)74-56-31-27-46(68(4,5)6)37-50(56)51-38-48(70(10,11)12)40-55(62(51)74)72(61)54-36-44(24-34-59(54)75-65)42-21-17-14-18-22-42/h13-40H,1-12H3.